The molecule has 0 aliphatic heterocycles. The molecule has 2 bridgehead atoms. The molecule has 2 aliphatic rings. The molecule has 3 atom stereocenters. The van der Waals surface area contributed by atoms with E-state index in [1.165, 1.54) is 43.9 Å². The second kappa shape index (κ2) is 5.76. The summed E-state index contributed by atoms with van der Waals surface area (Å²) < 4.78 is 13.4. The van der Waals surface area contributed by atoms with Gasteiger partial charge in [-0.25, -0.2) is 9.18 Å². The Kier molecular flexibility index (Phi) is 3.98. The highest BCUT2D eigenvalue weighted by atomic mass is 19.1. The van der Waals surface area contributed by atoms with Gasteiger partial charge in [-0.05, 0) is 67.8 Å². The molecule has 0 heterocycles. The van der Waals surface area contributed by atoms with Crippen LogP contribution in [-0.2, 0) is 6.54 Å². The predicted molar refractivity (Wildman–Crippen MR) is 78.6 cm³/mol. The summed E-state index contributed by atoms with van der Waals surface area (Å²) >= 11 is 0. The lowest BCUT2D eigenvalue weighted by atomic mass is 9.88. The van der Waals surface area contributed by atoms with E-state index in [2.05, 4.69) is 4.90 Å². The Morgan fingerprint density at radius 2 is 2.19 bits per heavy atom. The average Bonchev–Trinajstić information content (AvgIpc) is 3.00. The molecule has 0 amide bonds. The van der Waals surface area contributed by atoms with Crippen LogP contribution in [0.25, 0.3) is 0 Å². The summed E-state index contributed by atoms with van der Waals surface area (Å²) in [4.78, 5) is 13.4. The molecule has 1 aromatic carbocycles. The largest absolute Gasteiger partial charge is 0.478 e. The summed E-state index contributed by atoms with van der Waals surface area (Å²) in [6, 6.07) is 3.92. The first-order chi connectivity index (χ1) is 10.0. The standard InChI is InChI=1S/C17H22FNO2/c1-19(9-13-7-11-2-3-12(13)6-11)10-14-8-15(18)4-5-16(14)17(20)21/h4-5,8,11-13H,2-3,6-7,9-10H2,1H3,(H,20,21). The minimum atomic E-state index is -0.988. The molecule has 4 heteroatoms. The number of carboxylic acids is 1. The Labute approximate surface area is 124 Å². The number of aromatic carboxylic acids is 1. The fraction of sp³-hybridized carbons (Fsp3) is 0.588. The number of carboxylic acid groups (broad SMARTS) is 1. The number of fused-ring (bicyclic) bond motifs is 2. The van der Waals surface area contributed by atoms with E-state index in [0.717, 1.165) is 24.3 Å². The molecule has 3 unspecified atom stereocenters. The third kappa shape index (κ3) is 3.10. The van der Waals surface area contributed by atoms with Crippen LogP contribution in [0.15, 0.2) is 18.2 Å². The second-order valence-corrected chi connectivity index (χ2v) is 6.74. The van der Waals surface area contributed by atoms with E-state index in [9.17, 15) is 14.3 Å². The van der Waals surface area contributed by atoms with Crippen molar-refractivity contribution in [3.05, 3.63) is 35.1 Å². The summed E-state index contributed by atoms with van der Waals surface area (Å²) in [5.74, 6) is 1.14. The van der Waals surface area contributed by atoms with Gasteiger partial charge in [-0.1, -0.05) is 6.42 Å². The molecule has 21 heavy (non-hydrogen) atoms. The fourth-order valence-corrected chi connectivity index (χ4v) is 4.26. The monoisotopic (exact) mass is 291 g/mol. The van der Waals surface area contributed by atoms with Gasteiger partial charge in [0.2, 0.25) is 0 Å². The first-order valence-electron chi connectivity index (χ1n) is 7.73. The number of carbonyl (C=O) groups is 1. The van der Waals surface area contributed by atoms with Crippen molar-refractivity contribution < 1.29 is 14.3 Å². The topological polar surface area (TPSA) is 40.5 Å². The molecule has 3 nitrogen and oxygen atoms in total. The number of hydrogen-bond donors (Lipinski definition) is 1. The van der Waals surface area contributed by atoms with E-state index in [1.54, 1.807) is 0 Å². The Morgan fingerprint density at radius 3 is 2.81 bits per heavy atom. The van der Waals surface area contributed by atoms with Crippen LogP contribution in [0.5, 0.6) is 0 Å². The minimum absolute atomic E-state index is 0.205. The first-order valence-corrected chi connectivity index (χ1v) is 7.73. The van der Waals surface area contributed by atoms with Gasteiger partial charge in [-0.2, -0.15) is 0 Å². The maximum atomic E-state index is 13.4. The summed E-state index contributed by atoms with van der Waals surface area (Å²) in [6.45, 7) is 1.48. The van der Waals surface area contributed by atoms with Gasteiger partial charge in [0.1, 0.15) is 5.82 Å². The molecule has 0 aromatic heterocycles. The zero-order valence-electron chi connectivity index (χ0n) is 12.4. The fourth-order valence-electron chi connectivity index (χ4n) is 4.26. The first kappa shape index (κ1) is 14.5. The summed E-state index contributed by atoms with van der Waals surface area (Å²) in [6.07, 6.45) is 5.42. The van der Waals surface area contributed by atoms with Crippen LogP contribution < -0.4 is 0 Å². The average molecular weight is 291 g/mol. The van der Waals surface area contributed by atoms with Crippen molar-refractivity contribution in [3.63, 3.8) is 0 Å². The predicted octanol–water partition coefficient (Wildman–Crippen LogP) is 3.39. The summed E-state index contributed by atoms with van der Waals surface area (Å²) in [7, 11) is 2.00. The van der Waals surface area contributed by atoms with E-state index in [-0.39, 0.29) is 11.4 Å². The number of benzene rings is 1. The molecule has 2 fully saturated rings. The Morgan fingerprint density at radius 1 is 1.38 bits per heavy atom. The molecule has 2 aliphatic carbocycles. The minimum Gasteiger partial charge on any atom is -0.478 e. The van der Waals surface area contributed by atoms with Gasteiger partial charge >= 0.3 is 5.97 Å². The van der Waals surface area contributed by atoms with Crippen LogP contribution in [0.3, 0.4) is 0 Å². The molecule has 0 radical (unpaired) electrons. The number of nitrogens with zero attached hydrogens (tertiary/aromatic N) is 1. The van der Waals surface area contributed by atoms with Crippen molar-refractivity contribution in [1.82, 2.24) is 4.90 Å². The van der Waals surface area contributed by atoms with Gasteiger partial charge in [-0.15, -0.1) is 0 Å². The molecule has 2 saturated carbocycles. The molecular weight excluding hydrogens is 269 g/mol. The molecule has 114 valence electrons. The number of hydrogen-bond acceptors (Lipinski definition) is 2. The lowest BCUT2D eigenvalue weighted by Gasteiger charge is -2.27. The lowest BCUT2D eigenvalue weighted by molar-refractivity contribution is 0.0694. The van der Waals surface area contributed by atoms with Crippen molar-refractivity contribution in [2.45, 2.75) is 32.2 Å². The smallest absolute Gasteiger partial charge is 0.336 e. The molecular formula is C17H22FNO2. The zero-order chi connectivity index (χ0) is 15.0. The van der Waals surface area contributed by atoms with Crippen LogP contribution in [0.4, 0.5) is 4.39 Å². The van der Waals surface area contributed by atoms with Gasteiger partial charge in [0, 0.05) is 13.1 Å². The van der Waals surface area contributed by atoms with Gasteiger partial charge in [0.25, 0.3) is 0 Å². The van der Waals surface area contributed by atoms with E-state index >= 15 is 0 Å². The van der Waals surface area contributed by atoms with Crippen molar-refractivity contribution in [3.8, 4) is 0 Å². The molecule has 0 spiro atoms. The SMILES string of the molecule is CN(Cc1cc(F)ccc1C(=O)O)CC1CC2CCC1C2. The van der Waals surface area contributed by atoms with E-state index in [1.807, 2.05) is 7.05 Å². The van der Waals surface area contributed by atoms with Crippen LogP contribution in [0.1, 0.15) is 41.6 Å². The van der Waals surface area contributed by atoms with E-state index in [4.69, 9.17) is 0 Å². The molecule has 1 N–H and O–H groups in total. The quantitative estimate of drug-likeness (QED) is 0.904. The summed E-state index contributed by atoms with van der Waals surface area (Å²) in [5.41, 5.74) is 0.768. The molecule has 3 rings (SSSR count). The number of halogens is 1. The third-order valence-corrected chi connectivity index (χ3v) is 5.17. The van der Waals surface area contributed by atoms with Crippen molar-refractivity contribution in [2.75, 3.05) is 13.6 Å². The lowest BCUT2D eigenvalue weighted by Crippen LogP contribution is -2.29. The van der Waals surface area contributed by atoms with Gasteiger partial charge < -0.3 is 10.0 Å². The van der Waals surface area contributed by atoms with Crippen molar-refractivity contribution >= 4 is 5.97 Å². The third-order valence-electron chi connectivity index (χ3n) is 5.17. The summed E-state index contributed by atoms with van der Waals surface area (Å²) in [5, 5.41) is 9.20. The van der Waals surface area contributed by atoms with Crippen LogP contribution >= 0.6 is 0 Å². The highest BCUT2D eigenvalue weighted by molar-refractivity contribution is 5.89. The van der Waals surface area contributed by atoms with Crippen LogP contribution in [0, 0.1) is 23.6 Å². The zero-order valence-corrected chi connectivity index (χ0v) is 12.4. The van der Waals surface area contributed by atoms with Gasteiger partial charge in [0.05, 0.1) is 5.56 Å². The van der Waals surface area contributed by atoms with Crippen LogP contribution in [-0.4, -0.2) is 29.6 Å². The maximum Gasteiger partial charge on any atom is 0.336 e. The normalized spacial score (nSPS) is 27.5. The van der Waals surface area contributed by atoms with Gasteiger partial charge in [-0.3, -0.25) is 0 Å². The maximum absolute atomic E-state index is 13.4. The highest BCUT2D eigenvalue weighted by Crippen LogP contribution is 2.48. The van der Waals surface area contributed by atoms with E-state index in [0.29, 0.717) is 12.1 Å². The van der Waals surface area contributed by atoms with Crippen LogP contribution in [0.2, 0.25) is 0 Å². The van der Waals surface area contributed by atoms with Crippen molar-refractivity contribution in [1.29, 1.82) is 0 Å². The molecule has 1 aromatic rings. The Hall–Kier alpha value is -1.42. The van der Waals surface area contributed by atoms with Gasteiger partial charge in [0.15, 0.2) is 0 Å². The Balaban J connectivity index is 1.65. The molecule has 0 saturated heterocycles. The highest BCUT2D eigenvalue weighted by Gasteiger charge is 2.39. The van der Waals surface area contributed by atoms with E-state index < -0.39 is 5.97 Å². The number of rotatable bonds is 5. The second-order valence-electron chi connectivity index (χ2n) is 6.74. The Bertz CT molecular complexity index is 546. The van der Waals surface area contributed by atoms with Crippen molar-refractivity contribution in [2.24, 2.45) is 17.8 Å².